The highest BCUT2D eigenvalue weighted by Gasteiger charge is 2.00. The number of hydrogen-bond donors (Lipinski definition) is 2. The second kappa shape index (κ2) is 5.55. The van der Waals surface area contributed by atoms with E-state index in [1.807, 2.05) is 0 Å². The van der Waals surface area contributed by atoms with Crippen molar-refractivity contribution >= 4 is 23.8 Å². The monoisotopic (exact) mass is 221 g/mol. The first-order valence-corrected chi connectivity index (χ1v) is 4.48. The molecule has 0 aliphatic heterocycles. The average Bonchev–Trinajstić information content (AvgIpc) is 2.26. The molecule has 0 atom stereocenters. The van der Waals surface area contributed by atoms with Gasteiger partial charge in [-0.2, -0.15) is 0 Å². The minimum atomic E-state index is -1.02. The van der Waals surface area contributed by atoms with Crippen molar-refractivity contribution in [3.05, 3.63) is 35.9 Å². The number of carboxylic acid groups (broad SMARTS) is 1. The van der Waals surface area contributed by atoms with Gasteiger partial charge in [0.1, 0.15) is 0 Å². The Balaban J connectivity index is 2.78. The molecule has 84 valence electrons. The number of rotatable bonds is 3. The van der Waals surface area contributed by atoms with E-state index in [0.29, 0.717) is 11.3 Å². The summed E-state index contributed by atoms with van der Waals surface area (Å²) in [7, 11) is 1.27. The lowest BCUT2D eigenvalue weighted by Gasteiger charge is -2.03. The minimum absolute atomic E-state index is 0.541. The molecule has 0 aliphatic rings. The number of aliphatic carboxylic acids is 1. The van der Waals surface area contributed by atoms with Crippen LogP contribution >= 0.6 is 0 Å². The number of ether oxygens (including phenoxy) is 1. The van der Waals surface area contributed by atoms with Crippen molar-refractivity contribution in [3.63, 3.8) is 0 Å². The molecule has 1 aromatic rings. The van der Waals surface area contributed by atoms with Crippen LogP contribution in [0, 0.1) is 0 Å². The van der Waals surface area contributed by atoms with Crippen LogP contribution in [0.3, 0.4) is 0 Å². The highest BCUT2D eigenvalue weighted by Crippen LogP contribution is 2.12. The van der Waals surface area contributed by atoms with Crippen LogP contribution in [0.2, 0.25) is 0 Å². The number of hydrogen-bond acceptors (Lipinski definition) is 3. The zero-order chi connectivity index (χ0) is 12.0. The molecular formula is C11H11NO4. The normalized spacial score (nSPS) is 10.1. The van der Waals surface area contributed by atoms with E-state index in [-0.39, 0.29) is 0 Å². The first kappa shape index (κ1) is 11.8. The van der Waals surface area contributed by atoms with E-state index in [2.05, 4.69) is 10.1 Å². The van der Waals surface area contributed by atoms with Gasteiger partial charge in [-0.1, -0.05) is 12.1 Å². The lowest BCUT2D eigenvalue weighted by molar-refractivity contribution is -0.131. The van der Waals surface area contributed by atoms with E-state index in [0.717, 1.165) is 6.08 Å². The quantitative estimate of drug-likeness (QED) is 0.765. The van der Waals surface area contributed by atoms with Crippen LogP contribution in [0.1, 0.15) is 5.56 Å². The summed E-state index contributed by atoms with van der Waals surface area (Å²) in [6.45, 7) is 0. The summed E-state index contributed by atoms with van der Waals surface area (Å²) in [5.74, 6) is -1.02. The Kier molecular flexibility index (Phi) is 4.08. The summed E-state index contributed by atoms with van der Waals surface area (Å²) in [4.78, 5) is 21.2. The van der Waals surface area contributed by atoms with Gasteiger partial charge in [0.25, 0.3) is 0 Å². The molecule has 0 aromatic heterocycles. The van der Waals surface area contributed by atoms with Crippen LogP contribution in [0.15, 0.2) is 30.3 Å². The first-order chi connectivity index (χ1) is 7.61. The maximum Gasteiger partial charge on any atom is 0.411 e. The lowest BCUT2D eigenvalue weighted by atomic mass is 10.2. The Hall–Kier alpha value is -2.30. The van der Waals surface area contributed by atoms with E-state index in [1.165, 1.54) is 13.2 Å². The van der Waals surface area contributed by atoms with Gasteiger partial charge < -0.3 is 9.84 Å². The number of carboxylic acids is 1. The highest BCUT2D eigenvalue weighted by atomic mass is 16.5. The Bertz CT molecular complexity index is 426. The van der Waals surface area contributed by atoms with Crippen molar-refractivity contribution in [1.29, 1.82) is 0 Å². The third-order valence-corrected chi connectivity index (χ3v) is 1.74. The van der Waals surface area contributed by atoms with Crippen molar-refractivity contribution < 1.29 is 19.4 Å². The minimum Gasteiger partial charge on any atom is -0.478 e. The molecule has 0 heterocycles. The standard InChI is InChI=1S/C11H11NO4/c1-16-11(15)12-9-4-2-3-8(7-9)5-6-10(13)14/h2-7H,1H3,(H,12,15)(H,13,14)/b6-5+. The number of carbonyl (C=O) groups is 2. The van der Waals surface area contributed by atoms with Gasteiger partial charge in [0.15, 0.2) is 0 Å². The average molecular weight is 221 g/mol. The van der Waals surface area contributed by atoms with Gasteiger partial charge in [-0.15, -0.1) is 0 Å². The van der Waals surface area contributed by atoms with Crippen LogP contribution < -0.4 is 5.32 Å². The summed E-state index contributed by atoms with van der Waals surface area (Å²) in [5.41, 5.74) is 1.22. The zero-order valence-corrected chi connectivity index (χ0v) is 8.64. The second-order valence-electron chi connectivity index (χ2n) is 2.91. The number of methoxy groups -OCH3 is 1. The molecule has 16 heavy (non-hydrogen) atoms. The second-order valence-corrected chi connectivity index (χ2v) is 2.91. The number of benzene rings is 1. The van der Waals surface area contributed by atoms with Gasteiger partial charge in [-0.3, -0.25) is 5.32 Å². The summed E-state index contributed by atoms with van der Waals surface area (Å²) >= 11 is 0. The number of anilines is 1. The van der Waals surface area contributed by atoms with Crippen molar-refractivity contribution in [2.75, 3.05) is 12.4 Å². The fourth-order valence-corrected chi connectivity index (χ4v) is 1.06. The zero-order valence-electron chi connectivity index (χ0n) is 8.64. The van der Waals surface area contributed by atoms with E-state index < -0.39 is 12.1 Å². The molecule has 0 unspecified atom stereocenters. The number of carbonyl (C=O) groups excluding carboxylic acids is 1. The van der Waals surface area contributed by atoms with Gasteiger partial charge >= 0.3 is 12.1 Å². The summed E-state index contributed by atoms with van der Waals surface area (Å²) in [6.07, 6.45) is 1.89. The van der Waals surface area contributed by atoms with Crippen LogP contribution in [0.25, 0.3) is 6.08 Å². The van der Waals surface area contributed by atoms with Gasteiger partial charge in [0, 0.05) is 11.8 Å². The summed E-state index contributed by atoms with van der Waals surface area (Å²) in [5, 5.41) is 10.9. The van der Waals surface area contributed by atoms with Gasteiger partial charge in [-0.25, -0.2) is 9.59 Å². The topological polar surface area (TPSA) is 75.6 Å². The third-order valence-electron chi connectivity index (χ3n) is 1.74. The molecular weight excluding hydrogens is 210 g/mol. The molecule has 0 fully saturated rings. The molecule has 1 rings (SSSR count). The largest absolute Gasteiger partial charge is 0.478 e. The van der Waals surface area contributed by atoms with Gasteiger partial charge in [0.05, 0.1) is 7.11 Å². The number of amides is 1. The molecule has 0 bridgehead atoms. The fourth-order valence-electron chi connectivity index (χ4n) is 1.06. The van der Waals surface area contributed by atoms with Crippen molar-refractivity contribution in [2.24, 2.45) is 0 Å². The smallest absolute Gasteiger partial charge is 0.411 e. The predicted octanol–water partition coefficient (Wildman–Crippen LogP) is 1.96. The summed E-state index contributed by atoms with van der Waals surface area (Å²) in [6, 6.07) is 6.74. The number of nitrogens with one attached hydrogen (secondary N) is 1. The summed E-state index contributed by atoms with van der Waals surface area (Å²) < 4.78 is 4.43. The maximum absolute atomic E-state index is 10.9. The molecule has 0 aliphatic carbocycles. The molecule has 1 amide bonds. The predicted molar refractivity (Wildman–Crippen MR) is 59.1 cm³/mol. The van der Waals surface area contributed by atoms with E-state index in [9.17, 15) is 9.59 Å². The van der Waals surface area contributed by atoms with E-state index >= 15 is 0 Å². The Morgan fingerprint density at radius 2 is 2.19 bits per heavy atom. The van der Waals surface area contributed by atoms with Crippen molar-refractivity contribution in [3.8, 4) is 0 Å². The maximum atomic E-state index is 10.9. The van der Waals surface area contributed by atoms with E-state index in [4.69, 9.17) is 5.11 Å². The molecule has 0 spiro atoms. The third kappa shape index (κ3) is 3.83. The van der Waals surface area contributed by atoms with Crippen molar-refractivity contribution in [2.45, 2.75) is 0 Å². The van der Waals surface area contributed by atoms with Crippen molar-refractivity contribution in [1.82, 2.24) is 0 Å². The van der Waals surface area contributed by atoms with Crippen LogP contribution in [-0.2, 0) is 9.53 Å². The van der Waals surface area contributed by atoms with E-state index in [1.54, 1.807) is 24.3 Å². The molecule has 0 radical (unpaired) electrons. The molecule has 0 saturated heterocycles. The van der Waals surface area contributed by atoms with Crippen LogP contribution in [0.5, 0.6) is 0 Å². The van der Waals surface area contributed by atoms with Gasteiger partial charge in [0.2, 0.25) is 0 Å². The molecule has 1 aromatic carbocycles. The van der Waals surface area contributed by atoms with Crippen LogP contribution in [-0.4, -0.2) is 24.3 Å². The molecule has 2 N–H and O–H groups in total. The molecule has 0 saturated carbocycles. The molecule has 5 heteroatoms. The lowest BCUT2D eigenvalue weighted by Crippen LogP contribution is -2.10. The van der Waals surface area contributed by atoms with Crippen LogP contribution in [0.4, 0.5) is 10.5 Å². The fraction of sp³-hybridized carbons (Fsp3) is 0.0909. The Morgan fingerprint density at radius 3 is 2.81 bits per heavy atom. The Labute approximate surface area is 92.3 Å². The Morgan fingerprint density at radius 1 is 1.44 bits per heavy atom. The first-order valence-electron chi connectivity index (χ1n) is 4.48. The van der Waals surface area contributed by atoms with Gasteiger partial charge in [-0.05, 0) is 23.8 Å². The molecule has 5 nitrogen and oxygen atoms in total. The highest BCUT2D eigenvalue weighted by molar-refractivity contribution is 5.87. The SMILES string of the molecule is COC(=O)Nc1cccc(/C=C/C(=O)O)c1.